The third kappa shape index (κ3) is 2.69. The molecule has 2 aromatic rings. The Morgan fingerprint density at radius 1 is 1.04 bits per heavy atom. The van der Waals surface area contributed by atoms with Crippen molar-refractivity contribution in [2.45, 2.75) is 16.1 Å². The highest BCUT2D eigenvalue weighted by molar-refractivity contribution is 7.92. The number of sulfone groups is 1. The first kappa shape index (κ1) is 17.7. The van der Waals surface area contributed by atoms with Crippen molar-refractivity contribution >= 4 is 39.0 Å². The van der Waals surface area contributed by atoms with E-state index in [1.165, 1.54) is 36.4 Å². The molecule has 25 heavy (non-hydrogen) atoms. The first-order valence-electron chi connectivity index (χ1n) is 7.14. The summed E-state index contributed by atoms with van der Waals surface area (Å²) in [4.78, 5) is 11.7. The van der Waals surface area contributed by atoms with Gasteiger partial charge >= 0.3 is 5.97 Å². The molecule has 3 atom stereocenters. The molecule has 0 saturated heterocycles. The maximum absolute atomic E-state index is 13.0. The SMILES string of the molecule is N#C[C@@]1(C(=O)O)[C@H](c2ccc(Cl)cc2)[C@@H]1S(=O)(=O)c1ccc(Cl)cc1. The monoisotopic (exact) mass is 395 g/mol. The molecule has 2 aromatic carbocycles. The summed E-state index contributed by atoms with van der Waals surface area (Å²) >= 11 is 11.6. The normalized spacial score (nSPS) is 25.2. The highest BCUT2D eigenvalue weighted by atomic mass is 35.5. The van der Waals surface area contributed by atoms with E-state index in [-0.39, 0.29) is 4.90 Å². The number of hydrogen-bond acceptors (Lipinski definition) is 4. The van der Waals surface area contributed by atoms with Crippen molar-refractivity contribution in [3.63, 3.8) is 0 Å². The minimum absolute atomic E-state index is 0.0701. The van der Waals surface area contributed by atoms with Gasteiger partial charge in [-0.3, -0.25) is 4.79 Å². The molecular formula is C17H11Cl2NO4S. The highest BCUT2D eigenvalue weighted by Gasteiger charge is 2.77. The van der Waals surface area contributed by atoms with Gasteiger partial charge in [-0.25, -0.2) is 8.42 Å². The first-order valence-corrected chi connectivity index (χ1v) is 9.45. The molecule has 0 bridgehead atoms. The minimum atomic E-state index is -4.05. The van der Waals surface area contributed by atoms with Crippen molar-refractivity contribution in [1.82, 2.24) is 0 Å². The van der Waals surface area contributed by atoms with Crippen LogP contribution in [0.2, 0.25) is 10.0 Å². The van der Waals surface area contributed by atoms with E-state index < -0.39 is 32.4 Å². The molecule has 5 nitrogen and oxygen atoms in total. The maximum atomic E-state index is 13.0. The summed E-state index contributed by atoms with van der Waals surface area (Å²) in [6, 6.07) is 13.3. The Morgan fingerprint density at radius 3 is 1.96 bits per heavy atom. The van der Waals surface area contributed by atoms with Gasteiger partial charge in [0.25, 0.3) is 0 Å². The van der Waals surface area contributed by atoms with Gasteiger partial charge in [0, 0.05) is 16.0 Å². The first-order chi connectivity index (χ1) is 11.7. The number of benzene rings is 2. The average Bonchev–Trinajstić information content (AvgIpc) is 3.27. The minimum Gasteiger partial charge on any atom is -0.480 e. The molecule has 0 aromatic heterocycles. The Kier molecular flexibility index (Phi) is 4.28. The van der Waals surface area contributed by atoms with E-state index >= 15 is 0 Å². The van der Waals surface area contributed by atoms with Crippen LogP contribution in [0.3, 0.4) is 0 Å². The molecule has 0 unspecified atom stereocenters. The van der Waals surface area contributed by atoms with Crippen molar-refractivity contribution in [2.24, 2.45) is 5.41 Å². The molecule has 0 amide bonds. The molecule has 0 spiro atoms. The Hall–Kier alpha value is -2.07. The lowest BCUT2D eigenvalue weighted by atomic mass is 10.0. The average molecular weight is 396 g/mol. The predicted molar refractivity (Wildman–Crippen MR) is 92.3 cm³/mol. The lowest BCUT2D eigenvalue weighted by Gasteiger charge is -2.05. The number of aliphatic carboxylic acids is 1. The smallest absolute Gasteiger partial charge is 0.326 e. The van der Waals surface area contributed by atoms with Gasteiger partial charge in [0.1, 0.15) is 5.25 Å². The fourth-order valence-electron chi connectivity index (χ4n) is 3.09. The number of nitrogens with zero attached hydrogens (tertiary/aromatic N) is 1. The zero-order valence-corrected chi connectivity index (χ0v) is 14.9. The number of halogens is 2. The van der Waals surface area contributed by atoms with Crippen LogP contribution in [0.1, 0.15) is 11.5 Å². The fraction of sp³-hybridized carbons (Fsp3) is 0.176. The van der Waals surface area contributed by atoms with E-state index in [9.17, 15) is 23.6 Å². The van der Waals surface area contributed by atoms with Gasteiger partial charge in [0.05, 0.1) is 11.0 Å². The molecule has 1 aliphatic rings. The van der Waals surface area contributed by atoms with Gasteiger partial charge < -0.3 is 5.11 Å². The number of carboxylic acids is 1. The Balaban J connectivity index is 2.12. The van der Waals surface area contributed by atoms with E-state index in [0.29, 0.717) is 15.6 Å². The molecule has 0 radical (unpaired) electrons. The van der Waals surface area contributed by atoms with Crippen LogP contribution >= 0.6 is 23.2 Å². The zero-order chi connectivity index (χ0) is 18.4. The van der Waals surface area contributed by atoms with Gasteiger partial charge in [-0.05, 0) is 42.0 Å². The third-order valence-corrected chi connectivity index (χ3v) is 7.12. The zero-order valence-electron chi connectivity index (χ0n) is 12.6. The summed E-state index contributed by atoms with van der Waals surface area (Å²) < 4.78 is 25.9. The van der Waals surface area contributed by atoms with Crippen LogP contribution in [0.5, 0.6) is 0 Å². The number of rotatable bonds is 4. The topological polar surface area (TPSA) is 95.2 Å². The van der Waals surface area contributed by atoms with E-state index in [0.717, 1.165) is 0 Å². The van der Waals surface area contributed by atoms with Crippen LogP contribution < -0.4 is 0 Å². The van der Waals surface area contributed by atoms with Crippen LogP contribution in [-0.4, -0.2) is 24.7 Å². The van der Waals surface area contributed by atoms with Crippen LogP contribution in [0, 0.1) is 16.7 Å². The third-order valence-electron chi connectivity index (χ3n) is 4.38. The second-order valence-electron chi connectivity index (χ2n) is 5.73. The predicted octanol–water partition coefficient (Wildman–Crippen LogP) is 3.53. The lowest BCUT2D eigenvalue weighted by Crippen LogP contribution is -2.22. The fourth-order valence-corrected chi connectivity index (χ4v) is 5.60. The number of hydrogen-bond donors (Lipinski definition) is 1. The van der Waals surface area contributed by atoms with Crippen molar-refractivity contribution < 1.29 is 18.3 Å². The van der Waals surface area contributed by atoms with E-state index in [2.05, 4.69) is 0 Å². The van der Waals surface area contributed by atoms with Gasteiger partial charge in [-0.1, -0.05) is 35.3 Å². The standard InChI is InChI=1S/C17H11Cl2NO4S/c18-11-3-1-10(2-4-11)14-15(17(14,9-20)16(21)22)25(23,24)13-7-5-12(19)6-8-13/h1-8,14-15H,(H,21,22)/t14-,15+,17-/m1/s1. The summed E-state index contributed by atoms with van der Waals surface area (Å²) in [5, 5.41) is 18.5. The molecule has 0 aliphatic heterocycles. The quantitative estimate of drug-likeness (QED) is 0.853. The molecule has 3 rings (SSSR count). The van der Waals surface area contributed by atoms with Gasteiger partial charge in [-0.2, -0.15) is 5.26 Å². The summed E-state index contributed by atoms with van der Waals surface area (Å²) in [7, 11) is -4.05. The second-order valence-corrected chi connectivity index (χ2v) is 8.68. The van der Waals surface area contributed by atoms with Crippen molar-refractivity contribution in [3.05, 3.63) is 64.1 Å². The van der Waals surface area contributed by atoms with E-state index in [1.54, 1.807) is 18.2 Å². The molecule has 8 heteroatoms. The van der Waals surface area contributed by atoms with Crippen molar-refractivity contribution in [2.75, 3.05) is 0 Å². The van der Waals surface area contributed by atoms with Gasteiger partial charge in [-0.15, -0.1) is 0 Å². The Morgan fingerprint density at radius 2 is 1.52 bits per heavy atom. The van der Waals surface area contributed by atoms with Crippen molar-refractivity contribution in [1.29, 1.82) is 5.26 Å². The molecule has 1 fully saturated rings. The molecule has 0 heterocycles. The summed E-state index contributed by atoms with van der Waals surface area (Å²) in [5.74, 6) is -2.44. The molecular weight excluding hydrogens is 385 g/mol. The Labute approximate surface area is 154 Å². The van der Waals surface area contributed by atoms with Crippen LogP contribution in [0.4, 0.5) is 0 Å². The molecule has 1 N–H and O–H groups in total. The summed E-state index contributed by atoms with van der Waals surface area (Å²) in [6.45, 7) is 0. The summed E-state index contributed by atoms with van der Waals surface area (Å²) in [5.41, 5.74) is -1.59. The van der Waals surface area contributed by atoms with E-state index in [1.807, 2.05) is 0 Å². The number of nitriles is 1. The maximum Gasteiger partial charge on any atom is 0.326 e. The summed E-state index contributed by atoms with van der Waals surface area (Å²) in [6.07, 6.45) is 0. The second kappa shape index (κ2) is 6.03. The molecule has 1 saturated carbocycles. The van der Waals surface area contributed by atoms with Crippen LogP contribution in [0.25, 0.3) is 0 Å². The number of carbonyl (C=O) groups is 1. The molecule has 1 aliphatic carbocycles. The van der Waals surface area contributed by atoms with Crippen molar-refractivity contribution in [3.8, 4) is 6.07 Å². The molecule has 128 valence electrons. The largest absolute Gasteiger partial charge is 0.480 e. The van der Waals surface area contributed by atoms with Crippen LogP contribution in [-0.2, 0) is 14.6 Å². The van der Waals surface area contributed by atoms with Gasteiger partial charge in [0.15, 0.2) is 15.3 Å². The van der Waals surface area contributed by atoms with E-state index in [4.69, 9.17) is 23.2 Å². The Bertz CT molecular complexity index is 981. The van der Waals surface area contributed by atoms with Crippen LogP contribution in [0.15, 0.2) is 53.4 Å². The number of carboxylic acid groups (broad SMARTS) is 1. The van der Waals surface area contributed by atoms with Gasteiger partial charge in [0.2, 0.25) is 0 Å². The lowest BCUT2D eigenvalue weighted by molar-refractivity contribution is -0.141. The highest BCUT2D eigenvalue weighted by Crippen LogP contribution is 2.64.